The number of nitrogens with one attached hydrogen (secondary N) is 1. The van der Waals surface area contributed by atoms with E-state index < -0.39 is 0 Å². The molecule has 2 heterocycles. The Labute approximate surface area is 115 Å². The number of carbonyl (C=O) groups excluding carboxylic acids is 1. The number of aryl methyl sites for hydroxylation is 2. The van der Waals surface area contributed by atoms with Crippen LogP contribution in [0.1, 0.15) is 21.6 Å². The van der Waals surface area contributed by atoms with Gasteiger partial charge in [-0.05, 0) is 43.7 Å². The van der Waals surface area contributed by atoms with Gasteiger partial charge in [-0.2, -0.15) is 0 Å². The summed E-state index contributed by atoms with van der Waals surface area (Å²) in [6.45, 7) is 3.80. The summed E-state index contributed by atoms with van der Waals surface area (Å²) in [5.74, 6) is 0.369. The molecule has 19 heavy (non-hydrogen) atoms. The topological polar surface area (TPSA) is 80.9 Å². The Morgan fingerprint density at radius 3 is 2.58 bits per heavy atom. The number of nitrogens with zero attached hydrogens (tertiary/aromatic N) is 2. The molecule has 0 radical (unpaired) electrons. The third-order valence-corrected chi connectivity index (χ3v) is 2.61. The molecule has 6 heteroatoms. The van der Waals surface area contributed by atoms with E-state index in [0.717, 1.165) is 11.3 Å². The highest BCUT2D eigenvalue weighted by atomic mass is 35.5. The molecule has 98 valence electrons. The van der Waals surface area contributed by atoms with Crippen LogP contribution in [0.5, 0.6) is 0 Å². The maximum Gasteiger partial charge on any atom is 0.257 e. The number of amides is 1. The van der Waals surface area contributed by atoms with Gasteiger partial charge in [0.15, 0.2) is 0 Å². The molecule has 0 aliphatic rings. The highest BCUT2D eigenvalue weighted by Gasteiger charge is 2.09. The number of rotatable bonds is 2. The molecule has 1 amide bonds. The lowest BCUT2D eigenvalue weighted by Crippen LogP contribution is -2.14. The summed E-state index contributed by atoms with van der Waals surface area (Å²) < 4.78 is 0. The van der Waals surface area contributed by atoms with Crippen LogP contribution in [-0.4, -0.2) is 15.9 Å². The first kappa shape index (κ1) is 13.3. The fraction of sp³-hybridized carbons (Fsp3) is 0.154. The SMILES string of the molecule is Cc1cc(C)nc(NC(=O)c2cc(N)nc(Cl)c2)c1. The summed E-state index contributed by atoms with van der Waals surface area (Å²) in [5, 5.41) is 2.88. The first-order valence-electron chi connectivity index (χ1n) is 5.64. The van der Waals surface area contributed by atoms with Crippen molar-refractivity contribution in [2.75, 3.05) is 11.1 Å². The van der Waals surface area contributed by atoms with Gasteiger partial charge in [-0.1, -0.05) is 11.6 Å². The van der Waals surface area contributed by atoms with Crippen molar-refractivity contribution >= 4 is 29.1 Å². The van der Waals surface area contributed by atoms with Crippen molar-refractivity contribution in [3.05, 3.63) is 46.2 Å². The van der Waals surface area contributed by atoms with Gasteiger partial charge >= 0.3 is 0 Å². The van der Waals surface area contributed by atoms with Crippen LogP contribution in [0, 0.1) is 13.8 Å². The lowest BCUT2D eigenvalue weighted by Gasteiger charge is -2.07. The molecule has 0 saturated heterocycles. The molecule has 0 aromatic carbocycles. The number of hydrogen-bond donors (Lipinski definition) is 2. The molecule has 5 nitrogen and oxygen atoms in total. The van der Waals surface area contributed by atoms with Crippen LogP contribution >= 0.6 is 11.6 Å². The molecule has 2 rings (SSSR count). The van der Waals surface area contributed by atoms with Gasteiger partial charge in [-0.3, -0.25) is 4.79 Å². The van der Waals surface area contributed by atoms with Crippen molar-refractivity contribution in [3.63, 3.8) is 0 Å². The average molecular weight is 277 g/mol. The summed E-state index contributed by atoms with van der Waals surface area (Å²) in [6, 6.07) is 6.63. The second kappa shape index (κ2) is 5.24. The van der Waals surface area contributed by atoms with E-state index >= 15 is 0 Å². The number of pyridine rings is 2. The highest BCUT2D eigenvalue weighted by molar-refractivity contribution is 6.30. The van der Waals surface area contributed by atoms with Gasteiger partial charge in [0.25, 0.3) is 5.91 Å². The van der Waals surface area contributed by atoms with Crippen LogP contribution in [-0.2, 0) is 0 Å². The predicted molar refractivity (Wildman–Crippen MR) is 75.3 cm³/mol. The predicted octanol–water partition coefficient (Wildman–Crippen LogP) is 2.58. The third kappa shape index (κ3) is 3.42. The van der Waals surface area contributed by atoms with Crippen molar-refractivity contribution < 1.29 is 4.79 Å². The Morgan fingerprint density at radius 1 is 1.21 bits per heavy atom. The van der Waals surface area contributed by atoms with Crippen molar-refractivity contribution in [3.8, 4) is 0 Å². The van der Waals surface area contributed by atoms with Gasteiger partial charge in [-0.15, -0.1) is 0 Å². The lowest BCUT2D eigenvalue weighted by atomic mass is 10.2. The average Bonchev–Trinajstić information content (AvgIpc) is 2.25. The molecular weight excluding hydrogens is 264 g/mol. The Hall–Kier alpha value is -2.14. The van der Waals surface area contributed by atoms with Crippen molar-refractivity contribution in [2.45, 2.75) is 13.8 Å². The van der Waals surface area contributed by atoms with E-state index in [-0.39, 0.29) is 16.9 Å². The fourth-order valence-electron chi connectivity index (χ4n) is 1.74. The molecule has 0 atom stereocenters. The smallest absolute Gasteiger partial charge is 0.257 e. The second-order valence-electron chi connectivity index (χ2n) is 4.23. The Kier molecular flexibility index (Phi) is 3.66. The molecule has 0 aliphatic heterocycles. The van der Waals surface area contributed by atoms with Crippen molar-refractivity contribution in [1.82, 2.24) is 9.97 Å². The molecule has 2 aromatic rings. The second-order valence-corrected chi connectivity index (χ2v) is 4.62. The van der Waals surface area contributed by atoms with Crippen LogP contribution in [0.4, 0.5) is 11.6 Å². The molecular formula is C13H13ClN4O. The fourth-order valence-corrected chi connectivity index (χ4v) is 1.96. The largest absolute Gasteiger partial charge is 0.384 e. The van der Waals surface area contributed by atoms with Gasteiger partial charge in [0, 0.05) is 11.3 Å². The highest BCUT2D eigenvalue weighted by Crippen LogP contribution is 2.15. The molecule has 0 unspecified atom stereocenters. The van der Waals surface area contributed by atoms with Crippen LogP contribution in [0.25, 0.3) is 0 Å². The van der Waals surface area contributed by atoms with Gasteiger partial charge in [-0.25, -0.2) is 9.97 Å². The van der Waals surface area contributed by atoms with E-state index in [1.54, 1.807) is 6.07 Å². The van der Waals surface area contributed by atoms with E-state index in [2.05, 4.69) is 15.3 Å². The Bertz CT molecular complexity index is 602. The minimum atomic E-state index is -0.325. The van der Waals surface area contributed by atoms with Gasteiger partial charge in [0.05, 0.1) is 0 Å². The molecule has 0 fully saturated rings. The maximum atomic E-state index is 12.0. The normalized spacial score (nSPS) is 10.3. The van der Waals surface area contributed by atoms with Crippen LogP contribution in [0.2, 0.25) is 5.15 Å². The third-order valence-electron chi connectivity index (χ3n) is 2.42. The minimum absolute atomic E-state index is 0.179. The molecule has 0 bridgehead atoms. The molecule has 3 N–H and O–H groups in total. The van der Waals surface area contributed by atoms with Crippen molar-refractivity contribution in [2.24, 2.45) is 0 Å². The lowest BCUT2D eigenvalue weighted by molar-refractivity contribution is 0.102. The Balaban J connectivity index is 2.25. The van der Waals surface area contributed by atoms with E-state index in [1.165, 1.54) is 12.1 Å². The first-order valence-corrected chi connectivity index (χ1v) is 6.01. The minimum Gasteiger partial charge on any atom is -0.384 e. The first-order chi connectivity index (χ1) is 8.94. The van der Waals surface area contributed by atoms with E-state index in [0.29, 0.717) is 11.4 Å². The number of halogens is 1. The maximum absolute atomic E-state index is 12.0. The quantitative estimate of drug-likeness (QED) is 0.826. The monoisotopic (exact) mass is 276 g/mol. The number of carbonyl (C=O) groups is 1. The van der Waals surface area contributed by atoms with Crippen molar-refractivity contribution in [1.29, 1.82) is 0 Å². The van der Waals surface area contributed by atoms with Crippen LogP contribution in [0.3, 0.4) is 0 Å². The van der Waals surface area contributed by atoms with Gasteiger partial charge < -0.3 is 11.1 Å². The molecule has 0 saturated carbocycles. The van der Waals surface area contributed by atoms with Crippen LogP contribution in [0.15, 0.2) is 24.3 Å². The number of nitrogens with two attached hydrogens (primary N) is 1. The summed E-state index contributed by atoms with van der Waals surface area (Å²) in [4.78, 5) is 20.1. The molecule has 0 spiro atoms. The van der Waals surface area contributed by atoms with Crippen LogP contribution < -0.4 is 11.1 Å². The zero-order valence-electron chi connectivity index (χ0n) is 10.6. The van der Waals surface area contributed by atoms with E-state index in [4.69, 9.17) is 17.3 Å². The molecule has 0 aliphatic carbocycles. The summed E-state index contributed by atoms with van der Waals surface area (Å²) >= 11 is 5.76. The van der Waals surface area contributed by atoms with Gasteiger partial charge in [0.1, 0.15) is 16.8 Å². The zero-order valence-corrected chi connectivity index (χ0v) is 11.3. The zero-order chi connectivity index (χ0) is 14.0. The number of hydrogen-bond acceptors (Lipinski definition) is 4. The summed E-state index contributed by atoms with van der Waals surface area (Å²) in [6.07, 6.45) is 0. The summed E-state index contributed by atoms with van der Waals surface area (Å²) in [7, 11) is 0. The van der Waals surface area contributed by atoms with E-state index in [1.807, 2.05) is 19.9 Å². The number of anilines is 2. The van der Waals surface area contributed by atoms with Gasteiger partial charge in [0.2, 0.25) is 0 Å². The summed E-state index contributed by atoms with van der Waals surface area (Å²) in [5.41, 5.74) is 7.75. The van der Waals surface area contributed by atoms with E-state index in [9.17, 15) is 4.79 Å². The Morgan fingerprint density at radius 2 is 1.95 bits per heavy atom. The number of aromatic nitrogens is 2. The molecule has 2 aromatic heterocycles. The standard InChI is InChI=1S/C13H13ClN4O/c1-7-3-8(2)16-12(4-7)18-13(19)9-5-10(14)17-11(15)6-9/h3-6H,1-2H3,(H2,15,17)(H,16,18,19). The number of nitrogen functional groups attached to an aromatic ring is 1.